The molecule has 0 aromatic heterocycles. The third-order valence-corrected chi connectivity index (χ3v) is 1.73. The van der Waals surface area contributed by atoms with Crippen LogP contribution in [0.2, 0.25) is 0 Å². The van der Waals surface area contributed by atoms with Crippen molar-refractivity contribution in [3.05, 3.63) is 0 Å². The minimum atomic E-state index is -3.44. The monoisotopic (exact) mass is 168 g/mol. The first-order valence-electron chi connectivity index (χ1n) is 2.88. The summed E-state index contributed by atoms with van der Waals surface area (Å²) < 4.78 is 30.0. The first-order valence-corrected chi connectivity index (χ1v) is 4.45. The highest BCUT2D eigenvalue weighted by Crippen LogP contribution is 1.94. The van der Waals surface area contributed by atoms with Crippen LogP contribution < -0.4 is 0 Å². The Bertz CT molecular complexity index is 170. The van der Waals surface area contributed by atoms with Crippen molar-refractivity contribution in [2.24, 2.45) is 0 Å². The average molecular weight is 168 g/mol. The van der Waals surface area contributed by atoms with Crippen molar-refractivity contribution in [3.63, 3.8) is 0 Å². The molecule has 0 spiro atoms. The zero-order valence-corrected chi connectivity index (χ0v) is 7.14. The van der Waals surface area contributed by atoms with E-state index in [0.717, 1.165) is 7.11 Å². The van der Waals surface area contributed by atoms with Crippen molar-refractivity contribution in [3.8, 4) is 0 Å². The fraction of sp³-hybridized carbons (Fsp3) is 1.00. The molecule has 0 atom stereocenters. The van der Waals surface area contributed by atoms with Crippen molar-refractivity contribution in [1.82, 2.24) is 0 Å². The van der Waals surface area contributed by atoms with E-state index in [0.29, 0.717) is 0 Å². The van der Waals surface area contributed by atoms with Gasteiger partial charge in [-0.25, -0.2) is 0 Å². The molecule has 0 bridgehead atoms. The maximum Gasteiger partial charge on any atom is 0.291 e. The minimum Gasteiger partial charge on any atom is -0.360 e. The highest BCUT2D eigenvalue weighted by atomic mass is 32.2. The fourth-order valence-electron chi connectivity index (χ4n) is 0.268. The molecule has 0 amide bonds. The second-order valence-electron chi connectivity index (χ2n) is 2.06. The van der Waals surface area contributed by atoms with Crippen LogP contribution in [0.4, 0.5) is 0 Å². The molecule has 0 N–H and O–H groups in total. The number of rotatable bonds is 4. The number of hydrogen-bond acceptors (Lipinski definition) is 4. The largest absolute Gasteiger partial charge is 0.360 e. The lowest BCUT2D eigenvalue weighted by Gasteiger charge is -2.05. The SMILES string of the molecule is COS(=O)(=O)COC(C)C. The van der Waals surface area contributed by atoms with Gasteiger partial charge in [0.05, 0.1) is 13.2 Å². The molecule has 0 fully saturated rings. The predicted molar refractivity (Wildman–Crippen MR) is 37.0 cm³/mol. The molecule has 0 saturated heterocycles. The van der Waals surface area contributed by atoms with Gasteiger partial charge in [0.2, 0.25) is 0 Å². The molecule has 0 aromatic rings. The summed E-state index contributed by atoms with van der Waals surface area (Å²) in [6, 6.07) is 0. The van der Waals surface area contributed by atoms with E-state index in [1.165, 1.54) is 0 Å². The third kappa shape index (κ3) is 4.72. The van der Waals surface area contributed by atoms with E-state index in [1.54, 1.807) is 13.8 Å². The highest BCUT2D eigenvalue weighted by molar-refractivity contribution is 7.86. The Hall–Kier alpha value is -0.130. The van der Waals surface area contributed by atoms with Crippen molar-refractivity contribution in [1.29, 1.82) is 0 Å². The summed E-state index contributed by atoms with van der Waals surface area (Å²) >= 11 is 0. The van der Waals surface area contributed by atoms with E-state index in [-0.39, 0.29) is 12.0 Å². The Morgan fingerprint density at radius 2 is 1.90 bits per heavy atom. The van der Waals surface area contributed by atoms with Crippen LogP contribution in [-0.4, -0.2) is 27.6 Å². The predicted octanol–water partition coefficient (Wildman–Crippen LogP) is 0.345. The standard InChI is InChI=1S/C5H12O4S/c1-5(2)9-4-10(6,7)8-3/h5H,4H2,1-3H3. The molecule has 0 radical (unpaired) electrons. The lowest BCUT2D eigenvalue weighted by Crippen LogP contribution is -2.14. The van der Waals surface area contributed by atoms with Crippen LogP contribution in [0.25, 0.3) is 0 Å². The van der Waals surface area contributed by atoms with Gasteiger partial charge < -0.3 is 4.74 Å². The maximum atomic E-state index is 10.6. The number of hydrogen-bond donors (Lipinski definition) is 0. The normalized spacial score (nSPS) is 12.4. The van der Waals surface area contributed by atoms with Gasteiger partial charge in [-0.15, -0.1) is 0 Å². The van der Waals surface area contributed by atoms with Crippen molar-refractivity contribution < 1.29 is 17.3 Å². The Morgan fingerprint density at radius 1 is 1.40 bits per heavy atom. The summed E-state index contributed by atoms with van der Waals surface area (Å²) in [4.78, 5) is 0. The molecule has 62 valence electrons. The highest BCUT2D eigenvalue weighted by Gasteiger charge is 2.08. The van der Waals surface area contributed by atoms with Crippen molar-refractivity contribution in [2.45, 2.75) is 20.0 Å². The summed E-state index contributed by atoms with van der Waals surface area (Å²) in [7, 11) is -2.33. The van der Waals surface area contributed by atoms with Gasteiger partial charge in [-0.2, -0.15) is 8.42 Å². The van der Waals surface area contributed by atoms with Gasteiger partial charge in [0, 0.05) is 0 Å². The summed E-state index contributed by atoms with van der Waals surface area (Å²) in [6.07, 6.45) is -0.0927. The molecule has 0 aliphatic rings. The molecule has 5 heteroatoms. The molecule has 0 heterocycles. The fourth-order valence-corrected chi connectivity index (χ4v) is 0.803. The van der Waals surface area contributed by atoms with Gasteiger partial charge in [0.25, 0.3) is 10.1 Å². The van der Waals surface area contributed by atoms with Crippen LogP contribution in [0.3, 0.4) is 0 Å². The van der Waals surface area contributed by atoms with E-state index in [1.807, 2.05) is 0 Å². The average Bonchev–Trinajstić information content (AvgIpc) is 1.85. The smallest absolute Gasteiger partial charge is 0.291 e. The Labute approximate surface area is 61.3 Å². The molecule has 0 rings (SSSR count). The summed E-state index contributed by atoms with van der Waals surface area (Å²) in [5.41, 5.74) is 0. The van der Waals surface area contributed by atoms with Gasteiger partial charge in [0.1, 0.15) is 0 Å². The first-order chi connectivity index (χ1) is 4.48. The van der Waals surface area contributed by atoms with E-state index < -0.39 is 10.1 Å². The van der Waals surface area contributed by atoms with Crippen LogP contribution in [0.1, 0.15) is 13.8 Å². The van der Waals surface area contributed by atoms with Crippen LogP contribution in [0.15, 0.2) is 0 Å². The molecule has 0 saturated carbocycles. The zero-order chi connectivity index (χ0) is 8.20. The maximum absolute atomic E-state index is 10.6. The minimum absolute atomic E-state index is 0.0927. The second-order valence-corrected chi connectivity index (χ2v) is 3.74. The summed E-state index contributed by atoms with van der Waals surface area (Å²) in [5, 5.41) is 0. The molecular weight excluding hydrogens is 156 g/mol. The molecule has 0 aromatic carbocycles. The van der Waals surface area contributed by atoms with E-state index in [2.05, 4.69) is 4.18 Å². The lowest BCUT2D eigenvalue weighted by atomic mass is 10.5. The van der Waals surface area contributed by atoms with E-state index >= 15 is 0 Å². The second kappa shape index (κ2) is 3.90. The topological polar surface area (TPSA) is 52.6 Å². The van der Waals surface area contributed by atoms with Gasteiger partial charge in [-0.1, -0.05) is 0 Å². The summed E-state index contributed by atoms with van der Waals surface area (Å²) in [5.74, 6) is -0.374. The molecule has 4 nitrogen and oxygen atoms in total. The lowest BCUT2D eigenvalue weighted by molar-refractivity contribution is 0.109. The third-order valence-electron chi connectivity index (χ3n) is 0.800. The Morgan fingerprint density at radius 3 is 2.20 bits per heavy atom. The van der Waals surface area contributed by atoms with Crippen molar-refractivity contribution in [2.75, 3.05) is 13.0 Å². The first kappa shape index (κ1) is 9.87. The van der Waals surface area contributed by atoms with Crippen LogP contribution in [0.5, 0.6) is 0 Å². The van der Waals surface area contributed by atoms with Crippen molar-refractivity contribution >= 4 is 10.1 Å². The number of ether oxygens (including phenoxy) is 1. The molecule has 0 aliphatic carbocycles. The molecule has 0 aliphatic heterocycles. The molecule has 10 heavy (non-hydrogen) atoms. The molecule has 0 unspecified atom stereocenters. The Kier molecular flexibility index (Phi) is 3.85. The Balaban J connectivity index is 3.70. The van der Waals surface area contributed by atoms with E-state index in [9.17, 15) is 8.42 Å². The van der Waals surface area contributed by atoms with Crippen LogP contribution in [-0.2, 0) is 19.0 Å². The van der Waals surface area contributed by atoms with E-state index in [4.69, 9.17) is 4.74 Å². The van der Waals surface area contributed by atoms with Gasteiger partial charge in [-0.05, 0) is 13.8 Å². The van der Waals surface area contributed by atoms with Crippen LogP contribution in [0, 0.1) is 0 Å². The summed E-state index contributed by atoms with van der Waals surface area (Å²) in [6.45, 7) is 3.51. The molecular formula is C5H12O4S. The van der Waals surface area contributed by atoms with Gasteiger partial charge in [-0.3, -0.25) is 4.18 Å². The van der Waals surface area contributed by atoms with Crippen LogP contribution >= 0.6 is 0 Å². The quantitative estimate of drug-likeness (QED) is 0.568. The van der Waals surface area contributed by atoms with Gasteiger partial charge in [0.15, 0.2) is 5.94 Å². The van der Waals surface area contributed by atoms with Gasteiger partial charge >= 0.3 is 0 Å². The zero-order valence-electron chi connectivity index (χ0n) is 6.33.